The monoisotopic (exact) mass is 260 g/mol. The Labute approximate surface area is 106 Å². The van der Waals surface area contributed by atoms with Crippen molar-refractivity contribution >= 4 is 0 Å². The Morgan fingerprint density at radius 2 is 1.56 bits per heavy atom. The average Bonchev–Trinajstić information content (AvgIpc) is 2.81. The molecule has 0 aromatic rings. The Bertz CT molecular complexity index is 341. The molecule has 18 heavy (non-hydrogen) atoms. The summed E-state index contributed by atoms with van der Waals surface area (Å²) in [6, 6.07) is 0. The zero-order valence-corrected chi connectivity index (χ0v) is 11.1. The molecule has 0 aromatic heterocycles. The summed E-state index contributed by atoms with van der Waals surface area (Å²) < 4.78 is 28.2. The number of fused-ring (bicyclic) bond motifs is 1. The van der Waals surface area contributed by atoms with Crippen molar-refractivity contribution < 1.29 is 28.8 Å². The molecule has 0 aliphatic carbocycles. The molecule has 0 spiro atoms. The lowest BCUT2D eigenvalue weighted by Gasteiger charge is -2.26. The number of hydrogen-bond donors (Lipinski definition) is 1. The molecule has 0 aromatic carbocycles. The highest BCUT2D eigenvalue weighted by atomic mass is 16.8. The Kier molecular flexibility index (Phi) is 2.75. The van der Waals surface area contributed by atoms with Crippen molar-refractivity contribution in [3.05, 3.63) is 0 Å². The number of aliphatic hydroxyl groups is 1. The molecular formula is C12H20O6. The van der Waals surface area contributed by atoms with Crippen LogP contribution in [-0.4, -0.2) is 54.0 Å². The van der Waals surface area contributed by atoms with E-state index in [1.165, 1.54) is 0 Å². The maximum Gasteiger partial charge on any atom is 0.184 e. The second-order valence-electron chi connectivity index (χ2n) is 5.92. The average molecular weight is 260 g/mol. The fourth-order valence-electron chi connectivity index (χ4n) is 2.78. The molecule has 0 amide bonds. The van der Waals surface area contributed by atoms with E-state index >= 15 is 0 Å². The van der Waals surface area contributed by atoms with E-state index in [0.29, 0.717) is 6.61 Å². The highest BCUT2D eigenvalue weighted by molar-refractivity contribution is 4.99. The van der Waals surface area contributed by atoms with Gasteiger partial charge in [-0.1, -0.05) is 0 Å². The van der Waals surface area contributed by atoms with Gasteiger partial charge in [0.1, 0.15) is 24.4 Å². The van der Waals surface area contributed by atoms with E-state index in [2.05, 4.69) is 0 Å². The predicted molar refractivity (Wildman–Crippen MR) is 59.6 cm³/mol. The first kappa shape index (κ1) is 12.8. The maximum absolute atomic E-state index is 9.87. The first-order valence-corrected chi connectivity index (χ1v) is 6.28. The minimum Gasteiger partial charge on any atom is -0.366 e. The summed E-state index contributed by atoms with van der Waals surface area (Å²) in [5, 5.41) is 9.87. The largest absolute Gasteiger partial charge is 0.366 e. The van der Waals surface area contributed by atoms with Crippen molar-refractivity contribution in [2.45, 2.75) is 70.0 Å². The van der Waals surface area contributed by atoms with Crippen LogP contribution in [0.3, 0.4) is 0 Å². The normalized spacial score (nSPS) is 49.5. The van der Waals surface area contributed by atoms with Crippen LogP contribution < -0.4 is 0 Å². The Morgan fingerprint density at radius 3 is 2.17 bits per heavy atom. The van der Waals surface area contributed by atoms with Gasteiger partial charge in [-0.05, 0) is 27.7 Å². The van der Waals surface area contributed by atoms with Gasteiger partial charge in [-0.3, -0.25) is 0 Å². The van der Waals surface area contributed by atoms with Crippen LogP contribution in [0.25, 0.3) is 0 Å². The molecule has 1 N–H and O–H groups in total. The smallest absolute Gasteiger partial charge is 0.184 e. The molecule has 3 heterocycles. The van der Waals surface area contributed by atoms with Crippen LogP contribution in [-0.2, 0) is 23.7 Å². The summed E-state index contributed by atoms with van der Waals surface area (Å²) in [7, 11) is 0. The van der Waals surface area contributed by atoms with Gasteiger partial charge >= 0.3 is 0 Å². The Morgan fingerprint density at radius 1 is 0.889 bits per heavy atom. The van der Waals surface area contributed by atoms with Gasteiger partial charge in [-0.2, -0.15) is 0 Å². The third-order valence-corrected chi connectivity index (χ3v) is 3.46. The van der Waals surface area contributed by atoms with Gasteiger partial charge in [0.2, 0.25) is 0 Å². The summed E-state index contributed by atoms with van der Waals surface area (Å²) in [6.07, 6.45) is -2.38. The fourth-order valence-corrected chi connectivity index (χ4v) is 2.78. The quantitative estimate of drug-likeness (QED) is 0.735. The van der Waals surface area contributed by atoms with Crippen LogP contribution in [0, 0.1) is 0 Å². The molecule has 0 bridgehead atoms. The Hall–Kier alpha value is -0.240. The summed E-state index contributed by atoms with van der Waals surface area (Å²) in [5.74, 6) is -1.32. The van der Waals surface area contributed by atoms with Crippen LogP contribution in [0.1, 0.15) is 27.7 Å². The molecule has 6 nitrogen and oxygen atoms in total. The Balaban J connectivity index is 1.75. The van der Waals surface area contributed by atoms with Crippen molar-refractivity contribution in [2.24, 2.45) is 0 Å². The predicted octanol–water partition coefficient (Wildman–Crippen LogP) is 0.375. The molecule has 3 rings (SSSR count). The topological polar surface area (TPSA) is 66.4 Å². The third-order valence-electron chi connectivity index (χ3n) is 3.46. The van der Waals surface area contributed by atoms with Crippen LogP contribution in [0.5, 0.6) is 0 Å². The van der Waals surface area contributed by atoms with Crippen molar-refractivity contribution in [3.63, 3.8) is 0 Å². The maximum atomic E-state index is 9.87. The van der Waals surface area contributed by atoms with E-state index < -0.39 is 24.0 Å². The van der Waals surface area contributed by atoms with Gasteiger partial charge in [-0.15, -0.1) is 0 Å². The van der Waals surface area contributed by atoms with Gasteiger partial charge in [0.15, 0.2) is 17.9 Å². The molecule has 3 fully saturated rings. The third kappa shape index (κ3) is 2.07. The molecule has 1 unspecified atom stereocenters. The number of rotatable bonds is 1. The number of ether oxygens (including phenoxy) is 5. The summed E-state index contributed by atoms with van der Waals surface area (Å²) in [5.41, 5.74) is 0. The standard InChI is InChI=1S/C12H20O6/c1-11(2)14-5-6(16-11)7-8-9(10(13)15-7)18-12(3,4)17-8/h6-10,13H,5H2,1-4H3/t6-,7-,8-,9-,10?/m1/s1. The van der Waals surface area contributed by atoms with Gasteiger partial charge in [0.25, 0.3) is 0 Å². The van der Waals surface area contributed by atoms with Crippen LogP contribution in [0.4, 0.5) is 0 Å². The summed E-state index contributed by atoms with van der Waals surface area (Å²) in [4.78, 5) is 0. The van der Waals surface area contributed by atoms with Gasteiger partial charge in [0.05, 0.1) is 6.61 Å². The first-order valence-electron chi connectivity index (χ1n) is 6.28. The molecule has 0 saturated carbocycles. The fraction of sp³-hybridized carbons (Fsp3) is 1.00. The highest BCUT2D eigenvalue weighted by Crippen LogP contribution is 2.41. The van der Waals surface area contributed by atoms with Crippen molar-refractivity contribution in [3.8, 4) is 0 Å². The molecule has 3 saturated heterocycles. The lowest BCUT2D eigenvalue weighted by Crippen LogP contribution is -2.40. The molecular weight excluding hydrogens is 240 g/mol. The number of hydrogen-bond acceptors (Lipinski definition) is 6. The minimum atomic E-state index is -0.978. The molecule has 6 heteroatoms. The molecule has 3 aliphatic rings. The summed E-state index contributed by atoms with van der Waals surface area (Å²) >= 11 is 0. The molecule has 5 atom stereocenters. The van der Waals surface area contributed by atoms with E-state index in [0.717, 1.165) is 0 Å². The van der Waals surface area contributed by atoms with E-state index in [1.54, 1.807) is 0 Å². The lowest BCUT2D eigenvalue weighted by molar-refractivity contribution is -0.236. The van der Waals surface area contributed by atoms with Crippen molar-refractivity contribution in [1.82, 2.24) is 0 Å². The van der Waals surface area contributed by atoms with Crippen LogP contribution in [0.15, 0.2) is 0 Å². The lowest BCUT2D eigenvalue weighted by atomic mass is 10.1. The molecule has 3 aliphatic heterocycles. The van der Waals surface area contributed by atoms with Gasteiger partial charge in [0, 0.05) is 0 Å². The van der Waals surface area contributed by atoms with Crippen LogP contribution in [0.2, 0.25) is 0 Å². The van der Waals surface area contributed by atoms with E-state index in [4.69, 9.17) is 23.7 Å². The van der Waals surface area contributed by atoms with Crippen molar-refractivity contribution in [1.29, 1.82) is 0 Å². The molecule has 0 radical (unpaired) electrons. The first-order chi connectivity index (χ1) is 8.27. The SMILES string of the molecule is CC1(C)OC[C@H]([C@H]2OC(O)[C@@H]3OC(C)(C)O[C@H]23)O1. The highest BCUT2D eigenvalue weighted by Gasteiger charge is 2.58. The zero-order valence-electron chi connectivity index (χ0n) is 11.1. The second-order valence-corrected chi connectivity index (χ2v) is 5.92. The van der Waals surface area contributed by atoms with Gasteiger partial charge in [-0.25, -0.2) is 0 Å². The zero-order chi connectivity index (χ0) is 13.1. The van der Waals surface area contributed by atoms with Crippen molar-refractivity contribution in [2.75, 3.05) is 6.61 Å². The second kappa shape index (κ2) is 3.88. The molecule has 104 valence electrons. The minimum absolute atomic E-state index is 0.248. The van der Waals surface area contributed by atoms with Crippen LogP contribution >= 0.6 is 0 Å². The summed E-state index contributed by atoms with van der Waals surface area (Å²) in [6.45, 7) is 7.78. The van der Waals surface area contributed by atoms with E-state index in [-0.39, 0.29) is 18.3 Å². The van der Waals surface area contributed by atoms with E-state index in [9.17, 15) is 5.11 Å². The van der Waals surface area contributed by atoms with Gasteiger partial charge < -0.3 is 28.8 Å². The number of aliphatic hydroxyl groups excluding tert-OH is 1. The van der Waals surface area contributed by atoms with E-state index in [1.807, 2.05) is 27.7 Å².